The van der Waals surface area contributed by atoms with E-state index in [-0.39, 0.29) is 16.8 Å². The number of hydrogen-bond donors (Lipinski definition) is 2. The molecule has 0 spiro atoms. The van der Waals surface area contributed by atoms with Gasteiger partial charge in [0, 0.05) is 18.8 Å². The summed E-state index contributed by atoms with van der Waals surface area (Å²) < 4.78 is 29.3. The van der Waals surface area contributed by atoms with Gasteiger partial charge in [-0.15, -0.1) is 0 Å². The van der Waals surface area contributed by atoms with Crippen molar-refractivity contribution in [3.63, 3.8) is 0 Å². The molecular formula is C14H28N4O2S. The zero-order valence-electron chi connectivity index (χ0n) is 13.3. The quantitative estimate of drug-likeness (QED) is 0.694. The van der Waals surface area contributed by atoms with Crippen LogP contribution in [0.1, 0.15) is 59.3 Å². The fraction of sp³-hybridized carbons (Fsp3) is 0.786. The Labute approximate surface area is 128 Å². The van der Waals surface area contributed by atoms with E-state index in [1.807, 2.05) is 6.92 Å². The Morgan fingerprint density at radius 1 is 1.24 bits per heavy atom. The molecule has 0 saturated heterocycles. The first kappa shape index (κ1) is 18.0. The summed E-state index contributed by atoms with van der Waals surface area (Å²) in [5.41, 5.74) is 5.76. The molecule has 6 nitrogen and oxygen atoms in total. The van der Waals surface area contributed by atoms with Crippen molar-refractivity contribution >= 4 is 15.8 Å². The van der Waals surface area contributed by atoms with Crippen molar-refractivity contribution in [1.82, 2.24) is 14.5 Å². The molecule has 0 aliphatic heterocycles. The predicted molar refractivity (Wildman–Crippen MR) is 85.5 cm³/mol. The lowest BCUT2D eigenvalue weighted by Crippen LogP contribution is -2.35. The summed E-state index contributed by atoms with van der Waals surface area (Å²) in [5.74, 6) is 0.0710. The third-order valence-electron chi connectivity index (χ3n) is 3.36. The number of nitrogens with two attached hydrogens (primary N) is 1. The highest BCUT2D eigenvalue weighted by Crippen LogP contribution is 2.18. The van der Waals surface area contributed by atoms with Crippen molar-refractivity contribution in [3.05, 3.63) is 6.20 Å². The number of anilines is 1. The lowest BCUT2D eigenvalue weighted by Gasteiger charge is -2.17. The molecule has 0 fully saturated rings. The Kier molecular flexibility index (Phi) is 7.17. The molecule has 122 valence electrons. The average Bonchev–Trinajstić information content (AvgIpc) is 2.78. The highest BCUT2D eigenvalue weighted by molar-refractivity contribution is 7.89. The van der Waals surface area contributed by atoms with Crippen LogP contribution in [0.25, 0.3) is 0 Å². The van der Waals surface area contributed by atoms with Gasteiger partial charge in [-0.1, -0.05) is 40.0 Å². The van der Waals surface area contributed by atoms with Crippen molar-refractivity contribution in [3.8, 4) is 0 Å². The van der Waals surface area contributed by atoms with E-state index >= 15 is 0 Å². The molecule has 1 unspecified atom stereocenters. The summed E-state index contributed by atoms with van der Waals surface area (Å²) in [5, 5.41) is 4.06. The van der Waals surface area contributed by atoms with Crippen molar-refractivity contribution in [1.29, 1.82) is 0 Å². The Morgan fingerprint density at radius 3 is 2.52 bits per heavy atom. The van der Waals surface area contributed by atoms with E-state index in [1.54, 1.807) is 4.68 Å². The highest BCUT2D eigenvalue weighted by atomic mass is 32.2. The molecule has 3 N–H and O–H groups in total. The van der Waals surface area contributed by atoms with E-state index in [9.17, 15) is 8.42 Å². The Hall–Kier alpha value is -1.08. The first-order chi connectivity index (χ1) is 9.94. The van der Waals surface area contributed by atoms with E-state index in [0.29, 0.717) is 6.54 Å². The van der Waals surface area contributed by atoms with Crippen LogP contribution in [0, 0.1) is 0 Å². The van der Waals surface area contributed by atoms with Gasteiger partial charge >= 0.3 is 0 Å². The van der Waals surface area contributed by atoms with Gasteiger partial charge in [0.25, 0.3) is 0 Å². The largest absolute Gasteiger partial charge is 0.381 e. The third-order valence-corrected chi connectivity index (χ3v) is 4.90. The topological polar surface area (TPSA) is 90.0 Å². The molecule has 0 aliphatic rings. The smallest absolute Gasteiger partial charge is 0.246 e. The molecule has 1 aromatic rings. The number of aromatic nitrogens is 2. The molecular weight excluding hydrogens is 288 g/mol. The lowest BCUT2D eigenvalue weighted by atomic mass is 10.1. The lowest BCUT2D eigenvalue weighted by molar-refractivity contribution is 0.483. The predicted octanol–water partition coefficient (Wildman–Crippen LogP) is 2.51. The van der Waals surface area contributed by atoms with Gasteiger partial charge in [0.1, 0.15) is 4.90 Å². The number of nitrogens with zero attached hydrogens (tertiary/aromatic N) is 2. The van der Waals surface area contributed by atoms with Crippen molar-refractivity contribution in [2.45, 2.75) is 76.8 Å². The molecule has 0 aromatic carbocycles. The van der Waals surface area contributed by atoms with E-state index in [0.717, 1.165) is 38.5 Å². The fourth-order valence-electron chi connectivity index (χ4n) is 2.31. The molecule has 7 heteroatoms. The molecule has 1 rings (SSSR count). The molecule has 0 saturated carbocycles. The van der Waals surface area contributed by atoms with Crippen LogP contribution >= 0.6 is 0 Å². The molecule has 21 heavy (non-hydrogen) atoms. The van der Waals surface area contributed by atoms with E-state index in [1.165, 1.54) is 6.20 Å². The maximum Gasteiger partial charge on any atom is 0.246 e. The Bertz CT molecular complexity index is 525. The minimum absolute atomic E-state index is 0.0334. The zero-order chi connectivity index (χ0) is 15.9. The standard InChI is InChI=1S/C14H28N4O2S/c1-4-7-9-12(8-5-2)17-21(19,20)13-11-18(10-6-3)16-14(13)15/h11-12,17H,4-10H2,1-3H3,(H2,15,16). The zero-order valence-corrected chi connectivity index (χ0v) is 14.1. The van der Waals surface area contributed by atoms with Gasteiger partial charge in [-0.05, 0) is 19.3 Å². The molecule has 1 atom stereocenters. The van der Waals surface area contributed by atoms with Gasteiger partial charge in [-0.2, -0.15) is 5.10 Å². The second kappa shape index (κ2) is 8.38. The van der Waals surface area contributed by atoms with Gasteiger partial charge < -0.3 is 5.73 Å². The number of rotatable bonds is 10. The summed E-state index contributed by atoms with van der Waals surface area (Å²) in [6.07, 6.45) is 7.10. The molecule has 0 amide bonds. The van der Waals surface area contributed by atoms with Crippen LogP contribution < -0.4 is 10.5 Å². The van der Waals surface area contributed by atoms with Gasteiger partial charge in [0.2, 0.25) is 10.0 Å². The van der Waals surface area contributed by atoms with Gasteiger partial charge in [0.05, 0.1) is 0 Å². The summed E-state index contributed by atoms with van der Waals surface area (Å²) >= 11 is 0. The van der Waals surface area contributed by atoms with Crippen LogP contribution in [0.2, 0.25) is 0 Å². The first-order valence-electron chi connectivity index (χ1n) is 7.79. The minimum Gasteiger partial charge on any atom is -0.381 e. The van der Waals surface area contributed by atoms with Gasteiger partial charge in [0.15, 0.2) is 5.82 Å². The van der Waals surface area contributed by atoms with E-state index in [4.69, 9.17) is 5.73 Å². The number of aryl methyl sites for hydroxylation is 1. The van der Waals surface area contributed by atoms with Crippen LogP contribution in [0.5, 0.6) is 0 Å². The summed E-state index contributed by atoms with van der Waals surface area (Å²) in [7, 11) is -3.60. The normalized spacial score (nSPS) is 13.5. The number of nitrogen functional groups attached to an aromatic ring is 1. The van der Waals surface area contributed by atoms with Crippen molar-refractivity contribution < 1.29 is 8.42 Å². The second-order valence-corrected chi connectivity index (χ2v) is 7.07. The summed E-state index contributed by atoms with van der Waals surface area (Å²) in [6.45, 7) is 6.82. The molecule has 0 radical (unpaired) electrons. The van der Waals surface area contributed by atoms with Crippen LogP contribution in [0.4, 0.5) is 5.82 Å². The number of unbranched alkanes of at least 4 members (excludes halogenated alkanes) is 1. The first-order valence-corrected chi connectivity index (χ1v) is 9.28. The highest BCUT2D eigenvalue weighted by Gasteiger charge is 2.24. The van der Waals surface area contributed by atoms with Crippen molar-refractivity contribution in [2.24, 2.45) is 0 Å². The van der Waals surface area contributed by atoms with Crippen LogP contribution in [-0.4, -0.2) is 24.2 Å². The Balaban J connectivity index is 2.87. The number of nitrogens with one attached hydrogen (secondary N) is 1. The number of hydrogen-bond acceptors (Lipinski definition) is 4. The SMILES string of the molecule is CCCCC(CCC)NS(=O)(=O)c1cn(CCC)nc1N. The van der Waals surface area contributed by atoms with E-state index in [2.05, 4.69) is 23.7 Å². The van der Waals surface area contributed by atoms with E-state index < -0.39 is 10.0 Å². The summed E-state index contributed by atoms with van der Waals surface area (Å²) in [6, 6.07) is -0.0334. The molecule has 0 aliphatic carbocycles. The average molecular weight is 316 g/mol. The van der Waals surface area contributed by atoms with Crippen LogP contribution in [0.15, 0.2) is 11.1 Å². The van der Waals surface area contributed by atoms with Crippen LogP contribution in [-0.2, 0) is 16.6 Å². The monoisotopic (exact) mass is 316 g/mol. The fourth-order valence-corrected chi connectivity index (χ4v) is 3.69. The molecule has 1 heterocycles. The number of sulfonamides is 1. The maximum atomic E-state index is 12.5. The molecule has 0 bridgehead atoms. The Morgan fingerprint density at radius 2 is 1.95 bits per heavy atom. The maximum absolute atomic E-state index is 12.5. The third kappa shape index (κ3) is 5.32. The minimum atomic E-state index is -3.60. The summed E-state index contributed by atoms with van der Waals surface area (Å²) in [4.78, 5) is 0.0913. The van der Waals surface area contributed by atoms with Gasteiger partial charge in [-0.3, -0.25) is 4.68 Å². The molecule has 1 aromatic heterocycles. The van der Waals surface area contributed by atoms with Gasteiger partial charge in [-0.25, -0.2) is 13.1 Å². The van der Waals surface area contributed by atoms with Crippen molar-refractivity contribution in [2.75, 3.05) is 5.73 Å². The van der Waals surface area contributed by atoms with Crippen LogP contribution in [0.3, 0.4) is 0 Å². The second-order valence-electron chi connectivity index (χ2n) is 5.39.